The first-order valence-corrected chi connectivity index (χ1v) is 9.33. The van der Waals surface area contributed by atoms with E-state index in [0.29, 0.717) is 6.61 Å². The van der Waals surface area contributed by atoms with Crippen LogP contribution in [-0.4, -0.2) is 6.61 Å². The van der Waals surface area contributed by atoms with Crippen LogP contribution in [-0.2, 0) is 0 Å². The van der Waals surface area contributed by atoms with Gasteiger partial charge in [-0.05, 0) is 42.8 Å². The molecule has 1 nitrogen and oxygen atoms in total. The summed E-state index contributed by atoms with van der Waals surface area (Å²) in [6.07, 6.45) is 0. The van der Waals surface area contributed by atoms with Gasteiger partial charge < -0.3 is 4.74 Å². The summed E-state index contributed by atoms with van der Waals surface area (Å²) in [5, 5.41) is 0. The van der Waals surface area contributed by atoms with Crippen LogP contribution in [0.1, 0.15) is 22.9 Å². The molecule has 1 unspecified atom stereocenters. The minimum atomic E-state index is 0.0593. The van der Waals surface area contributed by atoms with Gasteiger partial charge in [-0.3, -0.25) is 0 Å². The molecular weight excluding hydrogens is 516 g/mol. The van der Waals surface area contributed by atoms with E-state index in [9.17, 15) is 0 Å². The van der Waals surface area contributed by atoms with Crippen LogP contribution in [0.15, 0.2) is 49.8 Å². The fourth-order valence-electron chi connectivity index (χ4n) is 1.88. The topological polar surface area (TPSA) is 9.23 Å². The molecule has 0 saturated heterocycles. The van der Waals surface area contributed by atoms with E-state index < -0.39 is 0 Å². The van der Waals surface area contributed by atoms with E-state index in [1.807, 2.05) is 31.2 Å². The van der Waals surface area contributed by atoms with Gasteiger partial charge in [-0.15, -0.1) is 0 Å². The van der Waals surface area contributed by atoms with Gasteiger partial charge in [-0.25, -0.2) is 0 Å². The highest BCUT2D eigenvalue weighted by Gasteiger charge is 2.18. The van der Waals surface area contributed by atoms with Gasteiger partial charge in [-0.1, -0.05) is 69.8 Å². The maximum absolute atomic E-state index is 5.72. The molecule has 0 aliphatic heterocycles. The van der Waals surface area contributed by atoms with Crippen molar-refractivity contribution < 1.29 is 4.74 Å². The van der Waals surface area contributed by atoms with Gasteiger partial charge in [-0.2, -0.15) is 0 Å². The molecular formula is C15H12Br4O. The molecule has 2 aromatic carbocycles. The van der Waals surface area contributed by atoms with Crippen LogP contribution in [0, 0.1) is 0 Å². The van der Waals surface area contributed by atoms with Crippen molar-refractivity contribution in [2.24, 2.45) is 0 Å². The quantitative estimate of drug-likeness (QED) is 0.395. The summed E-state index contributed by atoms with van der Waals surface area (Å²) in [5.41, 5.74) is 2.26. The number of halogens is 4. The van der Waals surface area contributed by atoms with E-state index in [0.717, 1.165) is 30.3 Å². The SMILES string of the molecule is CCOc1ccc(Br)cc1C(Br)c1ccc(Br)cc1Br. The molecule has 20 heavy (non-hydrogen) atoms. The summed E-state index contributed by atoms with van der Waals surface area (Å²) >= 11 is 14.4. The average molecular weight is 528 g/mol. The first-order chi connectivity index (χ1) is 9.52. The van der Waals surface area contributed by atoms with E-state index >= 15 is 0 Å². The molecule has 0 aliphatic carbocycles. The normalized spacial score (nSPS) is 12.2. The third-order valence-corrected chi connectivity index (χ3v) is 5.44. The third kappa shape index (κ3) is 3.87. The number of alkyl halides is 1. The van der Waals surface area contributed by atoms with Crippen molar-refractivity contribution in [3.63, 3.8) is 0 Å². The maximum atomic E-state index is 5.72. The first-order valence-electron chi connectivity index (χ1n) is 6.04. The predicted octanol–water partition coefficient (Wildman–Crippen LogP) is 6.86. The van der Waals surface area contributed by atoms with Crippen molar-refractivity contribution in [1.82, 2.24) is 0 Å². The smallest absolute Gasteiger partial charge is 0.124 e. The fourth-order valence-corrected chi connectivity index (χ4v) is 4.60. The highest BCUT2D eigenvalue weighted by atomic mass is 79.9. The summed E-state index contributed by atoms with van der Waals surface area (Å²) in [5.74, 6) is 0.896. The van der Waals surface area contributed by atoms with E-state index in [1.165, 1.54) is 0 Å². The van der Waals surface area contributed by atoms with Crippen LogP contribution < -0.4 is 4.74 Å². The second-order valence-electron chi connectivity index (χ2n) is 4.14. The molecule has 0 amide bonds. The zero-order valence-electron chi connectivity index (χ0n) is 10.7. The molecule has 106 valence electrons. The van der Waals surface area contributed by atoms with Crippen LogP contribution >= 0.6 is 63.7 Å². The summed E-state index contributed by atoms with van der Waals surface area (Å²) in [7, 11) is 0. The van der Waals surface area contributed by atoms with E-state index in [1.54, 1.807) is 0 Å². The Labute approximate surface area is 152 Å². The molecule has 0 radical (unpaired) electrons. The van der Waals surface area contributed by atoms with Crippen molar-refractivity contribution in [2.75, 3.05) is 6.61 Å². The van der Waals surface area contributed by atoms with E-state index in [-0.39, 0.29) is 4.83 Å². The van der Waals surface area contributed by atoms with E-state index in [2.05, 4.69) is 75.9 Å². The van der Waals surface area contributed by atoms with Gasteiger partial charge in [0.1, 0.15) is 5.75 Å². The zero-order valence-corrected chi connectivity index (χ0v) is 17.0. The standard InChI is InChI=1S/C15H12Br4O/c1-2-20-14-6-4-9(16)7-12(14)15(19)11-5-3-10(17)8-13(11)18/h3-8,15H,2H2,1H3. The monoisotopic (exact) mass is 524 g/mol. The summed E-state index contributed by atoms with van der Waals surface area (Å²) < 4.78 is 8.86. The van der Waals surface area contributed by atoms with Gasteiger partial charge in [0, 0.05) is 19.0 Å². The molecule has 2 rings (SSSR count). The molecule has 0 aliphatic rings. The molecule has 1 atom stereocenters. The van der Waals surface area contributed by atoms with Gasteiger partial charge in [0.15, 0.2) is 0 Å². The lowest BCUT2D eigenvalue weighted by atomic mass is 10.0. The Morgan fingerprint density at radius 3 is 2.25 bits per heavy atom. The predicted molar refractivity (Wildman–Crippen MR) is 97.9 cm³/mol. The Morgan fingerprint density at radius 2 is 1.60 bits per heavy atom. The van der Waals surface area contributed by atoms with Crippen LogP contribution in [0.25, 0.3) is 0 Å². The molecule has 0 spiro atoms. The van der Waals surface area contributed by atoms with Crippen molar-refractivity contribution in [2.45, 2.75) is 11.8 Å². The van der Waals surface area contributed by atoms with Crippen LogP contribution in [0.5, 0.6) is 5.75 Å². The molecule has 0 aromatic heterocycles. The van der Waals surface area contributed by atoms with Gasteiger partial charge in [0.25, 0.3) is 0 Å². The largest absolute Gasteiger partial charge is 0.494 e. The van der Waals surface area contributed by atoms with Crippen molar-refractivity contribution in [1.29, 1.82) is 0 Å². The maximum Gasteiger partial charge on any atom is 0.124 e. The summed E-state index contributed by atoms with van der Waals surface area (Å²) in [6.45, 7) is 2.64. The number of benzene rings is 2. The van der Waals surface area contributed by atoms with Crippen molar-refractivity contribution in [3.05, 3.63) is 60.9 Å². The Balaban J connectivity index is 2.46. The van der Waals surface area contributed by atoms with E-state index in [4.69, 9.17) is 4.74 Å². The minimum Gasteiger partial charge on any atom is -0.494 e. The summed E-state index contributed by atoms with van der Waals surface area (Å²) in [6, 6.07) is 12.2. The van der Waals surface area contributed by atoms with Crippen LogP contribution in [0.3, 0.4) is 0 Å². The molecule has 0 N–H and O–H groups in total. The highest BCUT2D eigenvalue weighted by molar-refractivity contribution is 9.11. The van der Waals surface area contributed by atoms with Crippen molar-refractivity contribution in [3.8, 4) is 5.75 Å². The molecule has 0 fully saturated rings. The molecule has 5 heteroatoms. The molecule has 2 aromatic rings. The summed E-state index contributed by atoms with van der Waals surface area (Å²) in [4.78, 5) is 0.0593. The first kappa shape index (κ1) is 16.5. The van der Waals surface area contributed by atoms with Crippen LogP contribution in [0.4, 0.5) is 0 Å². The Hall–Kier alpha value is 0.160. The Morgan fingerprint density at radius 1 is 0.950 bits per heavy atom. The minimum absolute atomic E-state index is 0.0593. The van der Waals surface area contributed by atoms with Gasteiger partial charge in [0.05, 0.1) is 11.4 Å². The number of ether oxygens (including phenoxy) is 1. The second-order valence-corrected chi connectivity index (χ2v) is 7.74. The van der Waals surface area contributed by atoms with Gasteiger partial charge >= 0.3 is 0 Å². The average Bonchev–Trinajstić information content (AvgIpc) is 2.40. The fraction of sp³-hybridized carbons (Fsp3) is 0.200. The third-order valence-electron chi connectivity index (χ3n) is 2.78. The number of hydrogen-bond acceptors (Lipinski definition) is 1. The lowest BCUT2D eigenvalue weighted by molar-refractivity contribution is 0.337. The highest BCUT2D eigenvalue weighted by Crippen LogP contribution is 2.41. The lowest BCUT2D eigenvalue weighted by Crippen LogP contribution is -2.00. The van der Waals surface area contributed by atoms with Crippen LogP contribution in [0.2, 0.25) is 0 Å². The molecule has 0 heterocycles. The molecule has 0 saturated carbocycles. The lowest BCUT2D eigenvalue weighted by Gasteiger charge is -2.17. The molecule has 0 bridgehead atoms. The van der Waals surface area contributed by atoms with Gasteiger partial charge in [0.2, 0.25) is 0 Å². The van der Waals surface area contributed by atoms with Crippen molar-refractivity contribution >= 4 is 63.7 Å². The number of hydrogen-bond donors (Lipinski definition) is 0. The zero-order chi connectivity index (χ0) is 14.7. The second kappa shape index (κ2) is 7.43. The Kier molecular flexibility index (Phi) is 6.14. The number of rotatable bonds is 4. The Bertz CT molecular complexity index is 613.